The van der Waals surface area contributed by atoms with Gasteiger partial charge in [-0.25, -0.2) is 9.78 Å². The summed E-state index contributed by atoms with van der Waals surface area (Å²) in [5.41, 5.74) is -1.64. The van der Waals surface area contributed by atoms with E-state index in [1.807, 2.05) is 27.7 Å². The molecule has 0 saturated carbocycles. The van der Waals surface area contributed by atoms with E-state index in [0.29, 0.717) is 30.8 Å². The molecule has 226 valence electrons. The molecule has 2 aromatic rings. The fourth-order valence-corrected chi connectivity index (χ4v) is 5.32. The second-order valence-electron chi connectivity index (χ2n) is 12.5. The van der Waals surface area contributed by atoms with Gasteiger partial charge in [-0.3, -0.25) is 9.88 Å². The Bertz CT molecular complexity index is 1210. The number of halogens is 3. The third kappa shape index (κ3) is 7.02. The zero-order valence-corrected chi connectivity index (χ0v) is 24.8. The van der Waals surface area contributed by atoms with Crippen LogP contribution in [0.5, 0.6) is 0 Å². The third-order valence-corrected chi connectivity index (χ3v) is 7.94. The number of hydrogen-bond donors (Lipinski definition) is 1. The lowest BCUT2D eigenvalue weighted by atomic mass is 9.87. The van der Waals surface area contributed by atoms with E-state index in [2.05, 4.69) is 32.1 Å². The fraction of sp³-hybridized carbons (Fsp3) is 0.655. The SMILES string of the molecule is C[C@H](Nc1nccc(N2C(=O)OCC2[C@@H](C)OC(C)(C)C)n1)C1CCN(c2ccnc(C(C)(C)C(F)(F)F)c2)CC1. The normalized spacial score (nSPS) is 20.6. The summed E-state index contributed by atoms with van der Waals surface area (Å²) < 4.78 is 52.1. The Kier molecular flexibility index (Phi) is 8.73. The van der Waals surface area contributed by atoms with Crippen LogP contribution in [0.25, 0.3) is 0 Å². The summed E-state index contributed by atoms with van der Waals surface area (Å²) in [6.07, 6.45) is -0.375. The molecule has 0 bridgehead atoms. The number of carbonyl (C=O) groups excluding carboxylic acids is 1. The Labute approximate surface area is 239 Å². The van der Waals surface area contributed by atoms with Gasteiger partial charge in [-0.05, 0) is 85.4 Å². The van der Waals surface area contributed by atoms with Crippen LogP contribution in [0.2, 0.25) is 0 Å². The fourth-order valence-electron chi connectivity index (χ4n) is 5.32. The molecule has 1 amide bonds. The maximum Gasteiger partial charge on any atom is 0.416 e. The van der Waals surface area contributed by atoms with Crippen molar-refractivity contribution in [3.63, 3.8) is 0 Å². The van der Waals surface area contributed by atoms with Gasteiger partial charge in [0.15, 0.2) is 0 Å². The largest absolute Gasteiger partial charge is 0.447 e. The van der Waals surface area contributed by atoms with Gasteiger partial charge >= 0.3 is 12.3 Å². The molecule has 1 N–H and O–H groups in total. The van der Waals surface area contributed by atoms with Crippen molar-refractivity contribution in [3.8, 4) is 0 Å². The van der Waals surface area contributed by atoms with E-state index >= 15 is 0 Å². The molecule has 2 aromatic heterocycles. The van der Waals surface area contributed by atoms with Crippen molar-refractivity contribution in [2.75, 3.05) is 34.8 Å². The van der Waals surface area contributed by atoms with Gasteiger partial charge in [0, 0.05) is 37.2 Å². The Morgan fingerprint density at radius 2 is 1.71 bits per heavy atom. The molecular formula is C29H41F3N6O3. The Hall–Kier alpha value is -3.15. The number of alkyl halides is 3. The molecule has 0 radical (unpaired) electrons. The molecule has 2 aliphatic rings. The van der Waals surface area contributed by atoms with E-state index in [1.165, 1.54) is 11.1 Å². The number of piperidine rings is 1. The van der Waals surface area contributed by atoms with Crippen LogP contribution in [-0.2, 0) is 14.9 Å². The number of nitrogens with one attached hydrogen (secondary N) is 1. The summed E-state index contributed by atoms with van der Waals surface area (Å²) in [5.74, 6) is 1.15. The lowest BCUT2D eigenvalue weighted by Gasteiger charge is -2.37. The summed E-state index contributed by atoms with van der Waals surface area (Å²) >= 11 is 0. The van der Waals surface area contributed by atoms with Crippen LogP contribution in [0, 0.1) is 5.92 Å². The third-order valence-electron chi connectivity index (χ3n) is 7.94. The molecule has 3 atom stereocenters. The van der Waals surface area contributed by atoms with Crippen molar-refractivity contribution in [1.29, 1.82) is 0 Å². The number of cyclic esters (lactones) is 1. The number of amides is 1. The number of nitrogens with zero attached hydrogens (tertiary/aromatic N) is 5. The first-order valence-electron chi connectivity index (χ1n) is 14.1. The highest BCUT2D eigenvalue weighted by molar-refractivity contribution is 5.89. The second kappa shape index (κ2) is 11.6. The monoisotopic (exact) mass is 578 g/mol. The molecule has 0 aromatic carbocycles. The van der Waals surface area contributed by atoms with Crippen molar-refractivity contribution in [2.45, 2.75) is 96.7 Å². The van der Waals surface area contributed by atoms with Crippen LogP contribution < -0.4 is 15.1 Å². The molecule has 1 unspecified atom stereocenters. The van der Waals surface area contributed by atoms with Gasteiger partial charge in [0.05, 0.1) is 17.4 Å². The summed E-state index contributed by atoms with van der Waals surface area (Å²) in [4.78, 5) is 29.3. The standard InChI is InChI=1S/C29H41F3N6O3/c1-18(20-10-14-37(15-11-20)21-8-12-33-23(16-21)28(6,7)29(30,31)32)35-25-34-13-9-24(36-25)38-22(17-40-26(38)39)19(2)41-27(3,4)5/h8-9,12-13,16,18-20,22H,10-11,14-15,17H2,1-7H3,(H,34,35,36)/t18-,19+,22?/m0/s1. The van der Waals surface area contributed by atoms with Gasteiger partial charge < -0.3 is 19.7 Å². The van der Waals surface area contributed by atoms with Crippen molar-refractivity contribution in [2.24, 2.45) is 5.92 Å². The number of rotatable bonds is 8. The van der Waals surface area contributed by atoms with E-state index in [9.17, 15) is 18.0 Å². The lowest BCUT2D eigenvalue weighted by Crippen LogP contribution is -2.45. The molecular weight excluding hydrogens is 537 g/mol. The van der Waals surface area contributed by atoms with Crippen LogP contribution in [0.1, 0.15) is 67.0 Å². The highest BCUT2D eigenvalue weighted by atomic mass is 19.4. The smallest absolute Gasteiger partial charge is 0.416 e. The highest BCUT2D eigenvalue weighted by Crippen LogP contribution is 2.40. The van der Waals surface area contributed by atoms with Crippen LogP contribution in [0.4, 0.5) is 35.4 Å². The van der Waals surface area contributed by atoms with Gasteiger partial charge in [-0.1, -0.05) is 0 Å². The molecule has 0 spiro atoms. The zero-order chi connectivity index (χ0) is 30.2. The number of pyridine rings is 1. The van der Waals surface area contributed by atoms with Crippen LogP contribution >= 0.6 is 0 Å². The predicted molar refractivity (Wildman–Crippen MR) is 151 cm³/mol. The molecule has 2 fully saturated rings. The Balaban J connectivity index is 1.38. The van der Waals surface area contributed by atoms with Gasteiger partial charge in [0.25, 0.3) is 0 Å². The zero-order valence-electron chi connectivity index (χ0n) is 24.8. The summed E-state index contributed by atoms with van der Waals surface area (Å²) in [6.45, 7) is 13.8. The second-order valence-corrected chi connectivity index (χ2v) is 12.5. The topological polar surface area (TPSA) is 92.7 Å². The summed E-state index contributed by atoms with van der Waals surface area (Å²) in [5, 5.41) is 3.39. The van der Waals surface area contributed by atoms with Gasteiger partial charge in [0.2, 0.25) is 5.95 Å². The highest BCUT2D eigenvalue weighted by Gasteiger charge is 2.49. The molecule has 4 rings (SSSR count). The minimum Gasteiger partial charge on any atom is -0.447 e. The number of ether oxygens (including phenoxy) is 2. The van der Waals surface area contributed by atoms with Crippen molar-refractivity contribution in [1.82, 2.24) is 15.0 Å². The van der Waals surface area contributed by atoms with Crippen molar-refractivity contribution >= 4 is 23.5 Å². The number of anilines is 3. The van der Waals surface area contributed by atoms with Crippen LogP contribution in [0.3, 0.4) is 0 Å². The molecule has 2 saturated heterocycles. The van der Waals surface area contributed by atoms with Crippen LogP contribution in [0.15, 0.2) is 30.6 Å². The average Bonchev–Trinajstić information content (AvgIpc) is 3.29. The van der Waals surface area contributed by atoms with Gasteiger partial charge in [-0.15, -0.1) is 0 Å². The summed E-state index contributed by atoms with van der Waals surface area (Å²) in [6, 6.07) is 4.72. The van der Waals surface area contributed by atoms with Gasteiger partial charge in [0.1, 0.15) is 23.9 Å². The molecule has 9 nitrogen and oxygen atoms in total. The first-order chi connectivity index (χ1) is 19.1. The Morgan fingerprint density at radius 3 is 2.34 bits per heavy atom. The maximum atomic E-state index is 13.6. The lowest BCUT2D eigenvalue weighted by molar-refractivity contribution is -0.181. The number of aromatic nitrogens is 3. The molecule has 12 heteroatoms. The van der Waals surface area contributed by atoms with E-state index in [-0.39, 0.29) is 36.1 Å². The molecule has 4 heterocycles. The van der Waals surface area contributed by atoms with Crippen molar-refractivity contribution in [3.05, 3.63) is 36.3 Å². The molecule has 0 aliphatic carbocycles. The molecule has 2 aliphatic heterocycles. The minimum atomic E-state index is -4.39. The van der Waals surface area contributed by atoms with E-state index < -0.39 is 17.7 Å². The van der Waals surface area contributed by atoms with E-state index in [0.717, 1.165) is 32.4 Å². The summed E-state index contributed by atoms with van der Waals surface area (Å²) in [7, 11) is 0. The molecule has 41 heavy (non-hydrogen) atoms. The van der Waals surface area contributed by atoms with E-state index in [4.69, 9.17) is 9.47 Å². The van der Waals surface area contributed by atoms with Crippen molar-refractivity contribution < 1.29 is 27.4 Å². The van der Waals surface area contributed by atoms with E-state index in [1.54, 1.807) is 24.4 Å². The minimum absolute atomic E-state index is 0.0141. The average molecular weight is 579 g/mol. The number of carbonyl (C=O) groups is 1. The Morgan fingerprint density at radius 1 is 1.05 bits per heavy atom. The first kappa shape index (κ1) is 30.8. The van der Waals surface area contributed by atoms with Crippen LogP contribution in [-0.4, -0.2) is 70.7 Å². The first-order valence-corrected chi connectivity index (χ1v) is 14.1. The van der Waals surface area contributed by atoms with Gasteiger partial charge in [-0.2, -0.15) is 18.2 Å². The number of hydrogen-bond acceptors (Lipinski definition) is 8. The quantitative estimate of drug-likeness (QED) is 0.411. The maximum absolute atomic E-state index is 13.6. The predicted octanol–water partition coefficient (Wildman–Crippen LogP) is 5.96.